The van der Waals surface area contributed by atoms with E-state index in [0.717, 1.165) is 5.39 Å². The predicted molar refractivity (Wildman–Crippen MR) is 205 cm³/mol. The molecule has 1 amide bonds. The number of hydrogen-bond acceptors (Lipinski definition) is 6. The van der Waals surface area contributed by atoms with Gasteiger partial charge in [-0.25, -0.2) is 19.0 Å². The minimum Gasteiger partial charge on any atom is -0.444 e. The summed E-state index contributed by atoms with van der Waals surface area (Å²) in [6.07, 6.45) is 4.65. The number of nitrogens with zero attached hydrogens (tertiary/aromatic N) is 6. The Morgan fingerprint density at radius 3 is 2.57 bits per heavy atom. The molecule has 0 aliphatic carbocycles. The highest BCUT2D eigenvalue weighted by Crippen LogP contribution is 2.44. The van der Waals surface area contributed by atoms with Crippen LogP contribution in [0.15, 0.2) is 42.7 Å². The first-order valence-corrected chi connectivity index (χ1v) is 20.8. The number of carbonyl (C=O) groups is 1. The lowest BCUT2D eigenvalue weighted by molar-refractivity contribution is 0.00199. The van der Waals surface area contributed by atoms with E-state index in [1.165, 1.54) is 0 Å². The molecule has 0 unspecified atom stereocenters. The van der Waals surface area contributed by atoms with Crippen molar-refractivity contribution in [3.05, 3.63) is 70.1 Å². The SMILES string of the molecule is [C-]#[N+]c1cccc2ccnc(-c3c(Cl)cc4c(nc(Cl)c5cnn([C@H]6CCN(C(=O)OC(C)(C)C)[C@H](CCO[Si](C)(C)C(C)(C)C)C6)c54)c3F)c12. The van der Waals surface area contributed by atoms with E-state index < -0.39 is 19.7 Å². The quantitative estimate of drug-likeness (QED) is 0.0976. The molecular weight excluding hydrogens is 706 g/mol. The van der Waals surface area contributed by atoms with Gasteiger partial charge in [-0.15, -0.1) is 0 Å². The zero-order valence-corrected chi connectivity index (χ0v) is 32.8. The predicted octanol–water partition coefficient (Wildman–Crippen LogP) is 11.1. The number of benzene rings is 2. The van der Waals surface area contributed by atoms with Gasteiger partial charge in [0.15, 0.2) is 19.8 Å². The summed E-state index contributed by atoms with van der Waals surface area (Å²) in [6, 6.07) is 8.42. The molecule has 5 aromatic rings. The molecule has 0 bridgehead atoms. The van der Waals surface area contributed by atoms with Crippen molar-refractivity contribution in [1.29, 1.82) is 0 Å². The second kappa shape index (κ2) is 13.6. The van der Waals surface area contributed by atoms with Crippen molar-refractivity contribution in [2.24, 2.45) is 0 Å². The summed E-state index contributed by atoms with van der Waals surface area (Å²) in [6.45, 7) is 25.3. The van der Waals surface area contributed by atoms with Crippen LogP contribution in [0.2, 0.25) is 28.3 Å². The van der Waals surface area contributed by atoms with Crippen molar-refractivity contribution in [1.82, 2.24) is 24.6 Å². The number of pyridine rings is 2. The van der Waals surface area contributed by atoms with Gasteiger partial charge in [0, 0.05) is 36.2 Å². The Morgan fingerprint density at radius 2 is 1.88 bits per heavy atom. The van der Waals surface area contributed by atoms with Gasteiger partial charge < -0.3 is 14.1 Å². The number of amides is 1. The maximum Gasteiger partial charge on any atom is 0.410 e. The number of piperidine rings is 1. The Bertz CT molecular complexity index is 2200. The van der Waals surface area contributed by atoms with E-state index in [-0.39, 0.29) is 50.2 Å². The highest BCUT2D eigenvalue weighted by molar-refractivity contribution is 6.74. The van der Waals surface area contributed by atoms with Crippen LogP contribution in [0.5, 0.6) is 0 Å². The summed E-state index contributed by atoms with van der Waals surface area (Å²) in [7, 11) is -2.02. The molecule has 3 aromatic heterocycles. The summed E-state index contributed by atoms with van der Waals surface area (Å²) in [5.74, 6) is -0.686. The molecule has 0 saturated carbocycles. The second-order valence-electron chi connectivity index (χ2n) is 15.7. The molecule has 0 spiro atoms. The molecule has 2 aromatic carbocycles. The van der Waals surface area contributed by atoms with Crippen molar-refractivity contribution in [2.45, 2.75) is 96.6 Å². The summed E-state index contributed by atoms with van der Waals surface area (Å²) >= 11 is 13.7. The number of halogens is 3. The zero-order chi connectivity index (χ0) is 37.0. The largest absolute Gasteiger partial charge is 0.444 e. The van der Waals surface area contributed by atoms with Crippen LogP contribution < -0.4 is 0 Å². The van der Waals surface area contributed by atoms with Gasteiger partial charge in [-0.2, -0.15) is 5.10 Å². The van der Waals surface area contributed by atoms with Crippen LogP contribution in [-0.2, 0) is 9.16 Å². The monoisotopic (exact) mass is 748 g/mol. The van der Waals surface area contributed by atoms with Gasteiger partial charge in [0.2, 0.25) is 0 Å². The number of likely N-dealkylation sites (tertiary alicyclic amines) is 1. The van der Waals surface area contributed by atoms with E-state index >= 15 is 4.39 Å². The third kappa shape index (κ3) is 7.04. The van der Waals surface area contributed by atoms with E-state index in [1.807, 2.05) is 36.4 Å². The Hall–Kier alpha value is -3.82. The van der Waals surface area contributed by atoms with E-state index in [1.54, 1.807) is 36.7 Å². The molecule has 4 heterocycles. The molecule has 2 atom stereocenters. The van der Waals surface area contributed by atoms with Crippen LogP contribution in [0.1, 0.15) is 66.8 Å². The first-order chi connectivity index (χ1) is 23.9. The third-order valence-electron chi connectivity index (χ3n) is 10.2. The number of carbonyl (C=O) groups excluding carboxylic acids is 1. The van der Waals surface area contributed by atoms with Crippen LogP contribution in [0.4, 0.5) is 14.9 Å². The number of hydrogen-bond donors (Lipinski definition) is 0. The lowest BCUT2D eigenvalue weighted by Crippen LogP contribution is -2.49. The van der Waals surface area contributed by atoms with Crippen molar-refractivity contribution in [2.75, 3.05) is 13.2 Å². The Morgan fingerprint density at radius 1 is 1.14 bits per heavy atom. The Kier molecular flexibility index (Phi) is 9.87. The molecule has 0 radical (unpaired) electrons. The van der Waals surface area contributed by atoms with Gasteiger partial charge in [-0.05, 0) is 75.7 Å². The minimum atomic E-state index is -2.02. The average molecular weight is 750 g/mol. The number of fused-ring (bicyclic) bond motifs is 4. The second-order valence-corrected chi connectivity index (χ2v) is 21.3. The summed E-state index contributed by atoms with van der Waals surface area (Å²) in [5, 5.41) is 7.32. The van der Waals surface area contributed by atoms with Crippen LogP contribution in [0.3, 0.4) is 0 Å². The molecule has 1 aliphatic rings. The molecule has 1 saturated heterocycles. The first kappa shape index (κ1) is 37.0. The van der Waals surface area contributed by atoms with Crippen molar-refractivity contribution in [3.63, 3.8) is 0 Å². The maximum absolute atomic E-state index is 16.8. The molecule has 6 rings (SSSR count). The molecular formula is C38H43Cl2FN6O3Si. The van der Waals surface area contributed by atoms with Crippen LogP contribution in [0.25, 0.3) is 48.7 Å². The summed E-state index contributed by atoms with van der Waals surface area (Å²) in [4.78, 5) is 27.9. The minimum absolute atomic E-state index is 0.0262. The van der Waals surface area contributed by atoms with E-state index in [2.05, 4.69) is 48.7 Å². The van der Waals surface area contributed by atoms with Crippen molar-refractivity contribution < 1.29 is 18.3 Å². The average Bonchev–Trinajstić information content (AvgIpc) is 3.50. The van der Waals surface area contributed by atoms with Gasteiger partial charge in [0.25, 0.3) is 0 Å². The fourth-order valence-corrected chi connectivity index (χ4v) is 8.15. The highest BCUT2D eigenvalue weighted by Gasteiger charge is 2.39. The molecule has 13 heteroatoms. The van der Waals surface area contributed by atoms with Crippen molar-refractivity contribution in [3.8, 4) is 11.3 Å². The van der Waals surface area contributed by atoms with E-state index in [9.17, 15) is 4.79 Å². The molecule has 1 fully saturated rings. The van der Waals surface area contributed by atoms with E-state index in [4.69, 9.17) is 44.0 Å². The number of rotatable bonds is 6. The van der Waals surface area contributed by atoms with Crippen LogP contribution >= 0.6 is 23.2 Å². The first-order valence-electron chi connectivity index (χ1n) is 17.2. The fraction of sp³-hybridized carbons (Fsp3) is 0.447. The lowest BCUT2D eigenvalue weighted by Gasteiger charge is -2.41. The van der Waals surface area contributed by atoms with Gasteiger partial charge >= 0.3 is 6.09 Å². The van der Waals surface area contributed by atoms with Gasteiger partial charge in [0.05, 0.1) is 46.0 Å². The Labute approximate surface area is 309 Å². The van der Waals surface area contributed by atoms with Crippen LogP contribution in [0, 0.1) is 12.4 Å². The zero-order valence-electron chi connectivity index (χ0n) is 30.3. The van der Waals surface area contributed by atoms with Crippen molar-refractivity contribution >= 4 is 75.9 Å². The lowest BCUT2D eigenvalue weighted by atomic mass is 9.95. The third-order valence-corrected chi connectivity index (χ3v) is 15.3. The number of ether oxygens (including phenoxy) is 1. The smallest absolute Gasteiger partial charge is 0.410 e. The molecule has 268 valence electrons. The Balaban J connectivity index is 1.42. The molecule has 51 heavy (non-hydrogen) atoms. The standard InChI is InChI=1S/C38H43Cl2FN6O3Si/c1-37(2,3)50-36(48)46-17-14-24(19-23(46)15-18-49-51(8,9)38(4,5)6)47-34-25-20-27(39)30(31(41)32(25)45-35(40)26(34)21-44-47)33-29-22(13-16-43-33)11-10-12-28(29)42-7/h10-13,16,20-21,23-24H,14-15,17-19H2,1-6,8-9H3/t23-,24+/m1/s1. The number of aromatic nitrogens is 4. The van der Waals surface area contributed by atoms with Gasteiger partial charge in [0.1, 0.15) is 16.3 Å². The normalized spacial score (nSPS) is 17.3. The molecule has 9 nitrogen and oxygen atoms in total. The molecule has 1 aliphatic heterocycles. The van der Waals surface area contributed by atoms with Crippen LogP contribution in [-0.4, -0.2) is 63.9 Å². The highest BCUT2D eigenvalue weighted by atomic mass is 35.5. The maximum atomic E-state index is 16.8. The fourth-order valence-electron chi connectivity index (χ4n) is 6.58. The topological polar surface area (TPSA) is 86.7 Å². The summed E-state index contributed by atoms with van der Waals surface area (Å²) in [5.41, 5.74) is 0.640. The van der Waals surface area contributed by atoms with Gasteiger partial charge in [-0.1, -0.05) is 62.2 Å². The summed E-state index contributed by atoms with van der Waals surface area (Å²) < 4.78 is 31.0. The van der Waals surface area contributed by atoms with E-state index in [0.29, 0.717) is 59.8 Å². The molecule has 0 N–H and O–H groups in total. The van der Waals surface area contributed by atoms with Gasteiger partial charge in [-0.3, -0.25) is 9.67 Å².